The summed E-state index contributed by atoms with van der Waals surface area (Å²) in [7, 11) is -4.36. The molecule has 32 heavy (non-hydrogen) atoms. The molecule has 3 aromatic rings. The molecule has 170 valence electrons. The molecule has 3 heterocycles. The Morgan fingerprint density at radius 1 is 1.19 bits per heavy atom. The molecule has 1 saturated heterocycles. The minimum Gasteiger partial charge on any atom is -0.507 e. The Bertz CT molecular complexity index is 1270. The maximum atomic E-state index is 12.2. The lowest BCUT2D eigenvalue weighted by Gasteiger charge is -2.14. The average Bonchev–Trinajstić information content (AvgIpc) is 3.29. The number of nitrogens with zero attached hydrogens (tertiary/aromatic N) is 4. The quantitative estimate of drug-likeness (QED) is 0.210. The van der Waals surface area contributed by atoms with Crippen molar-refractivity contribution in [3.05, 3.63) is 42.5 Å². The van der Waals surface area contributed by atoms with Gasteiger partial charge in [-0.2, -0.15) is 13.1 Å². The number of aliphatic hydroxyl groups excluding tert-OH is 2. The van der Waals surface area contributed by atoms with Gasteiger partial charge in [-0.15, -0.1) is 0 Å². The van der Waals surface area contributed by atoms with Gasteiger partial charge in [0.05, 0.1) is 12.1 Å². The fourth-order valence-electron chi connectivity index (χ4n) is 3.32. The molecule has 0 unspecified atom stereocenters. The first-order chi connectivity index (χ1) is 15.2. The molecule has 0 radical (unpaired) electrons. The maximum absolute atomic E-state index is 12.2. The van der Waals surface area contributed by atoms with Crippen LogP contribution < -0.4 is 15.2 Å². The second-order valence-electron chi connectivity index (χ2n) is 6.99. The number of carbonyl (C=O) groups is 1. The predicted molar refractivity (Wildman–Crippen MR) is 109 cm³/mol. The third-order valence-electron chi connectivity index (χ3n) is 4.92. The number of hydrogen-bond donors (Lipinski definition) is 6. The van der Waals surface area contributed by atoms with E-state index in [1.807, 2.05) is 0 Å². The number of rotatable bonds is 6. The second-order valence-corrected chi connectivity index (χ2v) is 8.49. The van der Waals surface area contributed by atoms with E-state index in [0.717, 1.165) is 0 Å². The normalized spacial score (nSPS) is 23.4. The number of nitrogen functional groups attached to an aromatic ring is 1. The summed E-state index contributed by atoms with van der Waals surface area (Å²) in [6.07, 6.45) is -2.29. The Morgan fingerprint density at radius 2 is 1.94 bits per heavy atom. The molecule has 4 atom stereocenters. The number of benzene rings is 1. The van der Waals surface area contributed by atoms with E-state index in [-0.39, 0.29) is 22.8 Å². The van der Waals surface area contributed by atoms with Crippen LogP contribution in [-0.4, -0.2) is 78.8 Å². The first-order valence-corrected chi connectivity index (χ1v) is 10.7. The molecule has 1 aromatic carbocycles. The summed E-state index contributed by atoms with van der Waals surface area (Å²) in [5.41, 5.74) is 6.10. The maximum Gasteiger partial charge on any atom is 0.301 e. The molecule has 1 amide bonds. The number of hydrogen-bond acceptors (Lipinski definition) is 10. The highest BCUT2D eigenvalue weighted by molar-refractivity contribution is 7.88. The Balaban J connectivity index is 1.44. The number of amides is 1. The summed E-state index contributed by atoms with van der Waals surface area (Å²) in [6, 6.07) is 5.43. The number of phenolic OH excluding ortho intramolecular Hbond substituents is 1. The lowest BCUT2D eigenvalue weighted by atomic mass is 10.1. The topological polar surface area (TPSA) is 218 Å². The Hall–Kier alpha value is -3.37. The smallest absolute Gasteiger partial charge is 0.301 e. The van der Waals surface area contributed by atoms with E-state index in [1.165, 1.54) is 41.5 Å². The Labute approximate surface area is 180 Å². The van der Waals surface area contributed by atoms with Crippen molar-refractivity contribution in [2.45, 2.75) is 24.5 Å². The number of carbonyl (C=O) groups excluding carboxylic acids is 1. The molecule has 0 spiro atoms. The summed E-state index contributed by atoms with van der Waals surface area (Å²) in [5.74, 6) is -1.30. The molecule has 8 N–H and O–H groups in total. The second kappa shape index (κ2) is 8.29. The van der Waals surface area contributed by atoms with Gasteiger partial charge in [0.25, 0.3) is 12.1 Å². The Kier molecular flexibility index (Phi) is 5.66. The molecule has 1 aliphatic rings. The van der Waals surface area contributed by atoms with Crippen LogP contribution in [0.4, 0.5) is 5.82 Å². The molecule has 0 aliphatic carbocycles. The number of anilines is 1. The minimum absolute atomic E-state index is 0.131. The van der Waals surface area contributed by atoms with Gasteiger partial charge in [-0.25, -0.2) is 24.2 Å². The highest BCUT2D eigenvalue weighted by atomic mass is 32.2. The minimum atomic E-state index is -4.36. The van der Waals surface area contributed by atoms with Crippen LogP contribution in [-0.2, 0) is 10.2 Å². The summed E-state index contributed by atoms with van der Waals surface area (Å²) >= 11 is 0. The van der Waals surface area contributed by atoms with Crippen molar-refractivity contribution in [2.75, 3.05) is 12.3 Å². The first kappa shape index (κ1) is 21.8. The number of nitrogens with one attached hydrogen (secondary N) is 2. The highest BCUT2D eigenvalue weighted by Crippen LogP contribution is 2.29. The number of imidazole rings is 1. The lowest BCUT2D eigenvalue weighted by Crippen LogP contribution is -2.46. The Morgan fingerprint density at radius 3 is 2.69 bits per heavy atom. The van der Waals surface area contributed by atoms with E-state index in [4.69, 9.17) is 5.73 Å². The monoisotopic (exact) mass is 466 g/mol. The standard InChI is InChI=1S/C17H19N7O7S/c18-14-11-15(20-6-19-14)24(7-21-11)17-13(27)12(26)10(31-17)5-22-32(29,30)23-16(28)8-3-1-2-4-9(8)25/h1-4,6-7,10,12-13,17,22,25-27H,5H2,(H,23,28)(H2,18,19,20)/p+1/t10-,12-,13-,17-/m1/s1. The van der Waals surface area contributed by atoms with Crippen LogP contribution in [0.3, 0.4) is 0 Å². The number of ether oxygens (including phenoxy) is 1. The first-order valence-electron chi connectivity index (χ1n) is 9.27. The molecule has 0 saturated carbocycles. The van der Waals surface area contributed by atoms with E-state index in [0.29, 0.717) is 5.52 Å². The zero-order valence-electron chi connectivity index (χ0n) is 16.3. The van der Waals surface area contributed by atoms with Gasteiger partial charge in [0.15, 0.2) is 29.8 Å². The van der Waals surface area contributed by atoms with Gasteiger partial charge in [-0.1, -0.05) is 12.1 Å². The molecule has 1 fully saturated rings. The summed E-state index contributed by atoms with van der Waals surface area (Å²) in [5, 5.41) is 30.5. The number of nitrogens with two attached hydrogens (primary N) is 1. The highest BCUT2D eigenvalue weighted by Gasteiger charge is 2.50. The van der Waals surface area contributed by atoms with E-state index < -0.39 is 47.2 Å². The van der Waals surface area contributed by atoms with Crippen LogP contribution in [0.5, 0.6) is 5.75 Å². The van der Waals surface area contributed by atoms with Crippen LogP contribution in [0.15, 0.2) is 36.9 Å². The van der Waals surface area contributed by atoms with Crippen molar-refractivity contribution >= 4 is 33.1 Å². The van der Waals surface area contributed by atoms with Crippen LogP contribution in [0.2, 0.25) is 0 Å². The van der Waals surface area contributed by atoms with Gasteiger partial charge in [0.1, 0.15) is 23.9 Å². The molecule has 15 heteroatoms. The van der Waals surface area contributed by atoms with E-state index in [1.54, 1.807) is 4.72 Å². The molecule has 2 aromatic heterocycles. The van der Waals surface area contributed by atoms with Crippen molar-refractivity contribution in [3.8, 4) is 5.75 Å². The lowest BCUT2D eigenvalue weighted by molar-refractivity contribution is -0.168. The van der Waals surface area contributed by atoms with Crippen molar-refractivity contribution in [1.82, 2.24) is 29.0 Å². The number of aromatic hydroxyl groups is 1. The van der Waals surface area contributed by atoms with Crippen LogP contribution in [0.1, 0.15) is 16.6 Å². The molecule has 4 rings (SSSR count). The number of fused-ring (bicyclic) bond motifs is 1. The van der Waals surface area contributed by atoms with Gasteiger partial charge in [0.2, 0.25) is 0 Å². The number of aliphatic hydroxyl groups is 4. The van der Waals surface area contributed by atoms with Gasteiger partial charge in [-0.3, -0.25) is 4.79 Å². The fraction of sp³-hybridized carbons (Fsp3) is 0.294. The third kappa shape index (κ3) is 4.06. The van der Waals surface area contributed by atoms with E-state index >= 15 is 0 Å². The predicted octanol–water partition coefficient (Wildman–Crippen LogP) is -2.49. The molecule has 14 nitrogen and oxygen atoms in total. The summed E-state index contributed by atoms with van der Waals surface area (Å²) in [4.78, 5) is 24.1. The largest absolute Gasteiger partial charge is 0.507 e. The third-order valence-corrected chi connectivity index (χ3v) is 5.92. The van der Waals surface area contributed by atoms with Gasteiger partial charge < -0.3 is 25.8 Å². The van der Waals surface area contributed by atoms with Crippen molar-refractivity contribution < 1.29 is 33.3 Å². The van der Waals surface area contributed by atoms with Crippen molar-refractivity contribution in [1.29, 1.82) is 0 Å². The number of aromatic nitrogens is 4. The average molecular weight is 466 g/mol. The van der Waals surface area contributed by atoms with Gasteiger partial charge in [0, 0.05) is 0 Å². The van der Waals surface area contributed by atoms with Gasteiger partial charge >= 0.3 is 10.2 Å². The molecular formula is C17H20N7O7S+. The number of phenols is 1. The van der Waals surface area contributed by atoms with Crippen LogP contribution in [0.25, 0.3) is 11.2 Å². The molecule has 1 aliphatic heterocycles. The zero-order chi connectivity index (χ0) is 23.0. The van der Waals surface area contributed by atoms with Crippen LogP contribution in [0, 0.1) is 0 Å². The summed E-state index contributed by atoms with van der Waals surface area (Å²) in [6.45, 7) is -0.415. The molecular weight excluding hydrogens is 446 g/mol. The van der Waals surface area contributed by atoms with Crippen LogP contribution >= 0.6 is 0 Å². The van der Waals surface area contributed by atoms with E-state index in [9.17, 15) is 28.5 Å². The number of para-hydroxylation sites is 1. The molecule has 0 bridgehead atoms. The van der Waals surface area contributed by atoms with E-state index in [2.05, 4.69) is 24.4 Å². The van der Waals surface area contributed by atoms with Gasteiger partial charge in [-0.05, 0) is 12.1 Å². The summed E-state index contributed by atoms with van der Waals surface area (Å²) < 4.78 is 34.0. The SMILES string of the molecule is Nc1ncnc2c1ncn2[C@@H]1[OH+][C@H](CNS(=O)(=O)NC(=O)c2ccccc2O)[C@@H](O)[C@H]1O. The zero-order valence-corrected chi connectivity index (χ0v) is 17.1. The van der Waals surface area contributed by atoms with Crippen molar-refractivity contribution in [2.24, 2.45) is 0 Å². The van der Waals surface area contributed by atoms with Crippen molar-refractivity contribution in [3.63, 3.8) is 0 Å². The fourth-order valence-corrected chi connectivity index (χ4v) is 4.14.